The molecule has 26 heavy (non-hydrogen) atoms. The van der Waals surface area contributed by atoms with Gasteiger partial charge in [0.25, 0.3) is 0 Å². The second kappa shape index (κ2) is 8.32. The number of hydrogen-bond donors (Lipinski definition) is 2. The van der Waals surface area contributed by atoms with E-state index < -0.39 is 41.4 Å². The highest BCUT2D eigenvalue weighted by Crippen LogP contribution is 2.22. The van der Waals surface area contributed by atoms with Crippen molar-refractivity contribution in [2.75, 3.05) is 0 Å². The van der Waals surface area contributed by atoms with Gasteiger partial charge >= 0.3 is 5.69 Å². The third kappa shape index (κ3) is 6.22. The molecule has 2 aromatic rings. The summed E-state index contributed by atoms with van der Waals surface area (Å²) < 4.78 is 56.2. The molecule has 0 aliphatic carbocycles. The molecule has 0 spiro atoms. The average Bonchev–Trinajstić information content (AvgIpc) is 2.48. The Morgan fingerprint density at radius 3 is 2.08 bits per heavy atom. The molecule has 0 bridgehead atoms. The minimum Gasteiger partial charge on any atom is -0.258 e. The summed E-state index contributed by atoms with van der Waals surface area (Å²) in [4.78, 5) is 12.2. The van der Waals surface area contributed by atoms with E-state index in [-0.39, 0.29) is 10.0 Å². The monoisotopic (exact) mass is 490 g/mol. The SMILES string of the molecule is NS(=O)(=O)c1ccc(F)c([N+](=O)[O-])c1.NS(=O)(=O)c1cnc(Cl)c(Br)c1. The third-order valence-corrected chi connectivity index (χ3v) is 5.47. The Kier molecular flexibility index (Phi) is 7.15. The van der Waals surface area contributed by atoms with Gasteiger partial charge in [-0.05, 0) is 34.1 Å². The van der Waals surface area contributed by atoms with Gasteiger partial charge in [-0.2, -0.15) is 4.39 Å². The van der Waals surface area contributed by atoms with E-state index >= 15 is 0 Å². The molecule has 2 rings (SSSR count). The summed E-state index contributed by atoms with van der Waals surface area (Å²) in [6.07, 6.45) is 1.10. The van der Waals surface area contributed by atoms with Crippen molar-refractivity contribution in [2.24, 2.45) is 10.3 Å². The zero-order valence-corrected chi connectivity index (χ0v) is 16.3. The van der Waals surface area contributed by atoms with Crippen LogP contribution in [0.5, 0.6) is 0 Å². The number of pyridine rings is 1. The second-order valence-corrected chi connectivity index (χ2v) is 8.74. The number of halogens is 3. The smallest absolute Gasteiger partial charge is 0.258 e. The molecule has 1 aromatic heterocycles. The number of benzene rings is 1. The third-order valence-electron chi connectivity index (χ3n) is 2.54. The summed E-state index contributed by atoms with van der Waals surface area (Å²) in [5, 5.41) is 20.0. The fourth-order valence-electron chi connectivity index (χ4n) is 1.37. The van der Waals surface area contributed by atoms with Gasteiger partial charge in [0.05, 0.1) is 14.3 Å². The van der Waals surface area contributed by atoms with Crippen molar-refractivity contribution in [3.05, 3.63) is 56.0 Å². The Bertz CT molecular complexity index is 1060. The molecule has 1 aromatic carbocycles. The van der Waals surface area contributed by atoms with E-state index in [9.17, 15) is 31.3 Å². The lowest BCUT2D eigenvalue weighted by Gasteiger charge is -1.98. The van der Waals surface area contributed by atoms with Gasteiger partial charge < -0.3 is 0 Å². The summed E-state index contributed by atoms with van der Waals surface area (Å²) >= 11 is 8.56. The van der Waals surface area contributed by atoms with Crippen LogP contribution in [0.25, 0.3) is 0 Å². The highest BCUT2D eigenvalue weighted by Gasteiger charge is 2.18. The number of nitro benzene ring substituents is 1. The molecule has 0 amide bonds. The standard InChI is InChI=1S/C6H5FN2O4S.C5H4BrClN2O2S/c7-5-2-1-4(14(8,12)13)3-6(5)9(10)11;6-4-1-3(12(8,10)11)2-9-5(4)7/h1-3H,(H2,8,12,13);1-2H,(H2,8,10,11). The fourth-order valence-corrected chi connectivity index (χ4v) is 2.99. The number of nitro groups is 1. The molecule has 1 heterocycles. The van der Waals surface area contributed by atoms with Gasteiger partial charge in [0, 0.05) is 12.3 Å². The summed E-state index contributed by atoms with van der Waals surface area (Å²) in [6, 6.07) is 3.41. The maximum atomic E-state index is 12.7. The van der Waals surface area contributed by atoms with Gasteiger partial charge in [0.15, 0.2) is 0 Å². The van der Waals surface area contributed by atoms with Crippen molar-refractivity contribution in [3.8, 4) is 0 Å². The summed E-state index contributed by atoms with van der Waals surface area (Å²) in [7, 11) is -7.74. The molecule has 0 aliphatic heterocycles. The van der Waals surface area contributed by atoms with E-state index in [4.69, 9.17) is 21.9 Å². The average molecular weight is 492 g/mol. The lowest BCUT2D eigenvalue weighted by Crippen LogP contribution is -2.12. The van der Waals surface area contributed by atoms with Crippen LogP contribution in [-0.2, 0) is 20.0 Å². The molecular formula is C11H9BrClFN4O6S2. The van der Waals surface area contributed by atoms with Gasteiger partial charge in [-0.15, -0.1) is 0 Å². The molecule has 0 saturated heterocycles. The Balaban J connectivity index is 0.000000263. The van der Waals surface area contributed by atoms with Gasteiger partial charge in [-0.25, -0.2) is 32.1 Å². The number of aromatic nitrogens is 1. The first-order valence-corrected chi connectivity index (χ1v) is 10.3. The second-order valence-electron chi connectivity index (χ2n) is 4.40. The summed E-state index contributed by atoms with van der Waals surface area (Å²) in [5.74, 6) is -1.11. The highest BCUT2D eigenvalue weighted by molar-refractivity contribution is 9.10. The summed E-state index contributed by atoms with van der Waals surface area (Å²) in [6.45, 7) is 0. The molecule has 0 radical (unpaired) electrons. The zero-order valence-electron chi connectivity index (χ0n) is 12.3. The number of sulfonamides is 2. The number of rotatable bonds is 3. The van der Waals surface area contributed by atoms with Gasteiger partial charge in [0.1, 0.15) is 10.0 Å². The minimum atomic E-state index is -4.05. The van der Waals surface area contributed by atoms with Crippen molar-refractivity contribution >= 4 is 53.3 Å². The first-order valence-electron chi connectivity index (χ1n) is 6.04. The van der Waals surface area contributed by atoms with E-state index in [0.717, 1.165) is 12.3 Å². The summed E-state index contributed by atoms with van der Waals surface area (Å²) in [5.41, 5.74) is -0.920. The van der Waals surface area contributed by atoms with Crippen LogP contribution in [0.1, 0.15) is 0 Å². The Morgan fingerprint density at radius 2 is 1.65 bits per heavy atom. The molecule has 0 fully saturated rings. The van der Waals surface area contributed by atoms with E-state index in [1.165, 1.54) is 6.07 Å². The van der Waals surface area contributed by atoms with Crippen molar-refractivity contribution in [1.82, 2.24) is 4.98 Å². The first-order chi connectivity index (χ1) is 11.7. The van der Waals surface area contributed by atoms with Crippen LogP contribution in [0.3, 0.4) is 0 Å². The molecule has 0 atom stereocenters. The number of nitrogens with zero attached hydrogens (tertiary/aromatic N) is 2. The maximum absolute atomic E-state index is 12.7. The predicted molar refractivity (Wildman–Crippen MR) is 92.7 cm³/mol. The van der Waals surface area contributed by atoms with Crippen molar-refractivity contribution in [1.29, 1.82) is 0 Å². The number of nitrogens with two attached hydrogens (primary N) is 2. The van der Waals surface area contributed by atoms with E-state index in [2.05, 4.69) is 20.9 Å². The normalized spacial score (nSPS) is 11.4. The minimum absolute atomic E-state index is 0.0706. The van der Waals surface area contributed by atoms with E-state index in [1.54, 1.807) is 0 Å². The molecule has 0 aliphatic rings. The van der Waals surface area contributed by atoms with Crippen LogP contribution >= 0.6 is 27.5 Å². The van der Waals surface area contributed by atoms with Crippen LogP contribution in [0.2, 0.25) is 5.15 Å². The lowest BCUT2D eigenvalue weighted by atomic mass is 10.3. The van der Waals surface area contributed by atoms with Gasteiger partial charge in [-0.1, -0.05) is 11.6 Å². The predicted octanol–water partition coefficient (Wildman–Crippen LogP) is 1.53. The van der Waals surface area contributed by atoms with Crippen molar-refractivity contribution < 1.29 is 26.1 Å². The topological polar surface area (TPSA) is 176 Å². The number of hydrogen-bond acceptors (Lipinski definition) is 7. The zero-order chi connectivity index (χ0) is 20.3. The quantitative estimate of drug-likeness (QED) is 0.371. The van der Waals surface area contributed by atoms with Crippen LogP contribution in [0.4, 0.5) is 10.1 Å². The fraction of sp³-hybridized carbons (Fsp3) is 0. The van der Waals surface area contributed by atoms with Crippen LogP contribution in [0, 0.1) is 15.9 Å². The highest BCUT2D eigenvalue weighted by atomic mass is 79.9. The molecular weight excluding hydrogens is 483 g/mol. The van der Waals surface area contributed by atoms with Gasteiger partial charge in [-0.3, -0.25) is 10.1 Å². The Morgan fingerprint density at radius 1 is 1.12 bits per heavy atom. The van der Waals surface area contributed by atoms with E-state index in [0.29, 0.717) is 16.6 Å². The Hall–Kier alpha value is -1.71. The number of primary sulfonamides is 2. The first kappa shape index (κ1) is 22.3. The van der Waals surface area contributed by atoms with Crippen molar-refractivity contribution in [3.63, 3.8) is 0 Å². The van der Waals surface area contributed by atoms with Crippen LogP contribution in [0.15, 0.2) is 44.7 Å². The maximum Gasteiger partial charge on any atom is 0.306 e. The lowest BCUT2D eigenvalue weighted by molar-refractivity contribution is -0.387. The van der Waals surface area contributed by atoms with Crippen molar-refractivity contribution in [2.45, 2.75) is 9.79 Å². The molecule has 0 unspecified atom stereocenters. The molecule has 0 saturated carbocycles. The van der Waals surface area contributed by atoms with Crippen LogP contribution in [-0.4, -0.2) is 26.7 Å². The molecule has 4 N–H and O–H groups in total. The Labute approximate surface area is 160 Å². The largest absolute Gasteiger partial charge is 0.306 e. The van der Waals surface area contributed by atoms with Gasteiger partial charge in [0.2, 0.25) is 25.9 Å². The molecule has 142 valence electrons. The molecule has 10 nitrogen and oxygen atoms in total. The molecule has 15 heteroatoms. The van der Waals surface area contributed by atoms with E-state index in [1.807, 2.05) is 0 Å². The van der Waals surface area contributed by atoms with Crippen LogP contribution < -0.4 is 10.3 Å².